The summed E-state index contributed by atoms with van der Waals surface area (Å²) in [5, 5.41) is 0.740. The van der Waals surface area contributed by atoms with E-state index in [1.807, 2.05) is 18.2 Å². The van der Waals surface area contributed by atoms with E-state index < -0.39 is 0 Å². The maximum Gasteiger partial charge on any atom is 0.125 e. The Balaban J connectivity index is 1.92. The molecule has 0 aliphatic carbocycles. The molecule has 2 saturated heterocycles. The zero-order valence-electron chi connectivity index (χ0n) is 10.4. The third-order valence-corrected chi connectivity index (χ3v) is 4.80. The number of benzene rings is 1. The van der Waals surface area contributed by atoms with Crippen molar-refractivity contribution in [3.8, 4) is 0 Å². The minimum absolute atomic E-state index is 0.292. The van der Waals surface area contributed by atoms with Crippen molar-refractivity contribution in [3.63, 3.8) is 0 Å². The van der Waals surface area contributed by atoms with Crippen molar-refractivity contribution in [2.24, 2.45) is 0 Å². The largest absolute Gasteiger partial charge is 0.373 e. The molecule has 0 radical (unpaired) electrons. The van der Waals surface area contributed by atoms with Crippen LogP contribution in [0.1, 0.15) is 31.1 Å². The normalized spacial score (nSPS) is 29.5. The predicted molar refractivity (Wildman–Crippen MR) is 75.8 cm³/mol. The zero-order chi connectivity index (χ0) is 13.0. The van der Waals surface area contributed by atoms with E-state index in [4.69, 9.17) is 27.9 Å². The first kappa shape index (κ1) is 12.0. The predicted octanol–water partition coefficient (Wildman–Crippen LogP) is 3.92. The molecule has 2 aromatic rings. The van der Waals surface area contributed by atoms with Gasteiger partial charge in [0.1, 0.15) is 5.82 Å². The number of rotatable bonds is 2. The summed E-state index contributed by atoms with van der Waals surface area (Å²) < 4.78 is 8.18. The van der Waals surface area contributed by atoms with E-state index in [2.05, 4.69) is 9.55 Å². The van der Waals surface area contributed by atoms with Crippen molar-refractivity contribution in [1.82, 2.24) is 9.55 Å². The van der Waals surface area contributed by atoms with Gasteiger partial charge in [-0.2, -0.15) is 0 Å². The monoisotopic (exact) mass is 296 g/mol. The Kier molecular flexibility index (Phi) is 2.76. The average Bonchev–Trinajstić information content (AvgIpc) is 3.11. The number of para-hydroxylation sites is 1. The Hall–Kier alpha value is -0.770. The van der Waals surface area contributed by atoms with Crippen LogP contribution in [0.4, 0.5) is 0 Å². The number of nitrogens with zero attached hydrogens (tertiary/aromatic N) is 2. The first-order valence-corrected chi connectivity index (χ1v) is 7.56. The van der Waals surface area contributed by atoms with Crippen LogP contribution in [-0.2, 0) is 10.6 Å². The van der Waals surface area contributed by atoms with E-state index in [1.54, 1.807) is 0 Å². The van der Waals surface area contributed by atoms with Gasteiger partial charge in [-0.05, 0) is 31.4 Å². The van der Waals surface area contributed by atoms with Crippen molar-refractivity contribution in [2.75, 3.05) is 0 Å². The lowest BCUT2D eigenvalue weighted by Crippen LogP contribution is -2.22. The van der Waals surface area contributed by atoms with Gasteiger partial charge in [0.05, 0.1) is 40.2 Å². The van der Waals surface area contributed by atoms with Gasteiger partial charge in [0.25, 0.3) is 0 Å². The first-order chi connectivity index (χ1) is 9.28. The van der Waals surface area contributed by atoms with Crippen LogP contribution in [0.25, 0.3) is 11.0 Å². The van der Waals surface area contributed by atoms with Crippen LogP contribution < -0.4 is 0 Å². The van der Waals surface area contributed by atoms with Gasteiger partial charge in [-0.1, -0.05) is 17.7 Å². The van der Waals surface area contributed by atoms with E-state index >= 15 is 0 Å². The van der Waals surface area contributed by atoms with Gasteiger partial charge in [0, 0.05) is 0 Å². The summed E-state index contributed by atoms with van der Waals surface area (Å²) in [7, 11) is 0. The molecule has 0 N–H and O–H groups in total. The molecule has 0 amide bonds. The minimum atomic E-state index is 0.292. The molecule has 3 heterocycles. The number of hydrogen-bond acceptors (Lipinski definition) is 2. The van der Waals surface area contributed by atoms with Crippen molar-refractivity contribution in [3.05, 3.63) is 29.0 Å². The fourth-order valence-electron chi connectivity index (χ4n) is 3.49. The van der Waals surface area contributed by atoms with Crippen molar-refractivity contribution < 1.29 is 4.74 Å². The SMILES string of the molecule is ClCc1nc2cccc(Cl)c2n1C1CC2CCC1O2. The summed E-state index contributed by atoms with van der Waals surface area (Å²) in [5.41, 5.74) is 1.92. The van der Waals surface area contributed by atoms with Gasteiger partial charge in [-0.15, -0.1) is 11.6 Å². The summed E-state index contributed by atoms with van der Waals surface area (Å²) in [6, 6.07) is 6.16. The highest BCUT2D eigenvalue weighted by Crippen LogP contribution is 2.44. The molecule has 2 aliphatic heterocycles. The number of fused-ring (bicyclic) bond motifs is 3. The third kappa shape index (κ3) is 1.72. The fraction of sp³-hybridized carbons (Fsp3) is 0.500. The Morgan fingerprint density at radius 1 is 1.37 bits per heavy atom. The van der Waals surface area contributed by atoms with Crippen molar-refractivity contribution in [2.45, 2.75) is 43.4 Å². The summed E-state index contributed by atoms with van der Waals surface area (Å²) in [6.45, 7) is 0. The quantitative estimate of drug-likeness (QED) is 0.786. The third-order valence-electron chi connectivity index (χ3n) is 4.26. The Bertz CT molecular complexity index is 640. The lowest BCUT2D eigenvalue weighted by Gasteiger charge is -2.23. The number of alkyl halides is 1. The number of ether oxygens (including phenoxy) is 1. The lowest BCUT2D eigenvalue weighted by molar-refractivity contribution is 0.0940. The second-order valence-electron chi connectivity index (χ2n) is 5.32. The van der Waals surface area contributed by atoms with Gasteiger partial charge < -0.3 is 9.30 Å². The molecule has 2 aliphatic rings. The fourth-order valence-corrected chi connectivity index (χ4v) is 3.94. The van der Waals surface area contributed by atoms with E-state index in [0.29, 0.717) is 24.1 Å². The van der Waals surface area contributed by atoms with Crippen molar-refractivity contribution >= 4 is 34.2 Å². The van der Waals surface area contributed by atoms with E-state index in [0.717, 1.165) is 34.7 Å². The lowest BCUT2D eigenvalue weighted by atomic mass is 9.95. The highest BCUT2D eigenvalue weighted by molar-refractivity contribution is 6.35. The van der Waals surface area contributed by atoms with Crippen LogP contribution in [0.3, 0.4) is 0 Å². The molecule has 2 bridgehead atoms. The van der Waals surface area contributed by atoms with Crippen LogP contribution in [0.15, 0.2) is 18.2 Å². The van der Waals surface area contributed by atoms with E-state index in [9.17, 15) is 0 Å². The highest BCUT2D eigenvalue weighted by Gasteiger charge is 2.43. The van der Waals surface area contributed by atoms with Crippen LogP contribution >= 0.6 is 23.2 Å². The Morgan fingerprint density at radius 2 is 2.26 bits per heavy atom. The molecular weight excluding hydrogens is 283 g/mol. The molecule has 19 heavy (non-hydrogen) atoms. The second kappa shape index (κ2) is 4.37. The molecule has 100 valence electrons. The maximum absolute atomic E-state index is 6.37. The number of imidazole rings is 1. The molecule has 1 aromatic carbocycles. The van der Waals surface area contributed by atoms with Gasteiger partial charge in [0.2, 0.25) is 0 Å². The molecule has 5 heteroatoms. The van der Waals surface area contributed by atoms with Gasteiger partial charge in [-0.25, -0.2) is 4.98 Å². The molecule has 3 unspecified atom stereocenters. The molecule has 1 aromatic heterocycles. The zero-order valence-corrected chi connectivity index (χ0v) is 11.9. The number of aromatic nitrogens is 2. The average molecular weight is 297 g/mol. The second-order valence-corrected chi connectivity index (χ2v) is 5.99. The van der Waals surface area contributed by atoms with Gasteiger partial charge >= 0.3 is 0 Å². The van der Waals surface area contributed by atoms with Crippen molar-refractivity contribution in [1.29, 1.82) is 0 Å². The molecule has 3 atom stereocenters. The Morgan fingerprint density at radius 3 is 2.95 bits per heavy atom. The van der Waals surface area contributed by atoms with Gasteiger partial charge in [0.15, 0.2) is 0 Å². The molecule has 0 spiro atoms. The van der Waals surface area contributed by atoms with Crippen LogP contribution in [0.2, 0.25) is 5.02 Å². The first-order valence-electron chi connectivity index (χ1n) is 6.64. The summed E-state index contributed by atoms with van der Waals surface area (Å²) in [4.78, 5) is 4.61. The molecule has 3 nitrogen and oxygen atoms in total. The Labute approximate surface area is 121 Å². The van der Waals surface area contributed by atoms with Crippen LogP contribution in [0, 0.1) is 0 Å². The van der Waals surface area contributed by atoms with Crippen LogP contribution in [0.5, 0.6) is 0 Å². The van der Waals surface area contributed by atoms with Gasteiger partial charge in [-0.3, -0.25) is 0 Å². The summed E-state index contributed by atoms with van der Waals surface area (Å²) in [6.07, 6.45) is 4.04. The molecule has 0 saturated carbocycles. The van der Waals surface area contributed by atoms with E-state index in [1.165, 1.54) is 6.42 Å². The molecule has 4 rings (SSSR count). The molecular formula is C14H14Cl2N2O. The van der Waals surface area contributed by atoms with Crippen LogP contribution in [-0.4, -0.2) is 21.8 Å². The maximum atomic E-state index is 6.37. The summed E-state index contributed by atoms with van der Waals surface area (Å²) >= 11 is 12.4. The standard InChI is InChI=1S/C14H14Cl2N2O/c15-7-13-17-10-3-1-2-9(16)14(10)18(13)11-6-8-4-5-12(11)19-8/h1-3,8,11-12H,4-7H2. The minimum Gasteiger partial charge on any atom is -0.373 e. The molecule has 2 fully saturated rings. The smallest absolute Gasteiger partial charge is 0.125 e. The topological polar surface area (TPSA) is 27.1 Å². The highest BCUT2D eigenvalue weighted by atomic mass is 35.5. The summed E-state index contributed by atoms with van der Waals surface area (Å²) in [5.74, 6) is 1.30. The number of halogens is 2. The van der Waals surface area contributed by atoms with E-state index in [-0.39, 0.29) is 0 Å². The number of hydrogen-bond donors (Lipinski definition) is 0.